The number of hydrogen-bond acceptors (Lipinski definition) is 2. The van der Waals surface area contributed by atoms with Gasteiger partial charge in [-0.1, -0.05) is 41.9 Å². The first kappa shape index (κ1) is 15.0. The van der Waals surface area contributed by atoms with Gasteiger partial charge in [0, 0.05) is 22.1 Å². The van der Waals surface area contributed by atoms with Crippen molar-refractivity contribution in [2.75, 3.05) is 0 Å². The summed E-state index contributed by atoms with van der Waals surface area (Å²) in [6.07, 6.45) is 4.50. The number of nitrogens with zero attached hydrogens (tertiary/aromatic N) is 1. The van der Waals surface area contributed by atoms with Gasteiger partial charge < -0.3 is 15.7 Å². The van der Waals surface area contributed by atoms with E-state index in [0.717, 1.165) is 38.6 Å². The Bertz CT molecular complexity index is 971. The third kappa shape index (κ3) is 2.82. The lowest BCUT2D eigenvalue weighted by Crippen LogP contribution is -2.14. The molecule has 24 heavy (non-hydrogen) atoms. The fraction of sp³-hybridized carbons (Fsp3) is 0.105. The number of nitrogens with one attached hydrogen (secondary N) is 2. The first-order chi connectivity index (χ1) is 11.7. The molecule has 2 heterocycles. The van der Waals surface area contributed by atoms with Crippen LogP contribution in [0.25, 0.3) is 22.2 Å². The lowest BCUT2D eigenvalue weighted by molar-refractivity contribution is 0.680. The van der Waals surface area contributed by atoms with Crippen LogP contribution in [0.1, 0.15) is 17.4 Å². The number of aromatic nitrogens is 3. The van der Waals surface area contributed by atoms with Gasteiger partial charge in [-0.15, -0.1) is 0 Å². The summed E-state index contributed by atoms with van der Waals surface area (Å²) >= 11 is 6.11. The van der Waals surface area contributed by atoms with Crippen LogP contribution in [0.5, 0.6) is 0 Å². The third-order valence-electron chi connectivity index (χ3n) is 4.20. The number of hydrogen-bond donors (Lipinski definition) is 3. The summed E-state index contributed by atoms with van der Waals surface area (Å²) in [5.74, 6) is 0.783. The van der Waals surface area contributed by atoms with Gasteiger partial charge in [-0.3, -0.25) is 0 Å². The molecule has 0 amide bonds. The summed E-state index contributed by atoms with van der Waals surface area (Å²) in [7, 11) is 0. The van der Waals surface area contributed by atoms with Crippen molar-refractivity contribution in [2.45, 2.75) is 12.5 Å². The van der Waals surface area contributed by atoms with Crippen LogP contribution in [0.2, 0.25) is 5.02 Å². The standard InChI is InChI=1S/C19H17ClN4/c20-14-6-7-17-15(9-14)13(10-22-17)8-16(21)19-23-11-18(24-19)12-4-2-1-3-5-12/h1-7,9-11,16,22H,8,21H2,(H,23,24). The number of fused-ring (bicyclic) bond motifs is 1. The lowest BCUT2D eigenvalue weighted by atomic mass is 10.1. The van der Waals surface area contributed by atoms with Crippen LogP contribution in [-0.4, -0.2) is 15.0 Å². The van der Waals surface area contributed by atoms with Crippen molar-refractivity contribution in [3.05, 3.63) is 77.3 Å². The van der Waals surface area contributed by atoms with Gasteiger partial charge in [0.15, 0.2) is 0 Å². The van der Waals surface area contributed by atoms with E-state index in [2.05, 4.69) is 15.0 Å². The average molecular weight is 337 g/mol. The molecule has 1 atom stereocenters. The van der Waals surface area contributed by atoms with E-state index >= 15 is 0 Å². The van der Waals surface area contributed by atoms with E-state index in [1.54, 1.807) is 0 Å². The topological polar surface area (TPSA) is 70.5 Å². The molecular formula is C19H17ClN4. The first-order valence-corrected chi connectivity index (χ1v) is 8.20. The maximum absolute atomic E-state index is 6.37. The SMILES string of the molecule is NC(Cc1c[nH]c2ccc(Cl)cc12)c1ncc(-c2ccccc2)[nH]1. The summed E-state index contributed by atoms with van der Waals surface area (Å²) in [4.78, 5) is 11.0. The van der Waals surface area contributed by atoms with E-state index < -0.39 is 0 Å². The summed E-state index contributed by atoms with van der Waals surface area (Å²) in [5, 5.41) is 1.83. The van der Waals surface area contributed by atoms with Crippen molar-refractivity contribution in [3.8, 4) is 11.3 Å². The molecule has 2 aromatic carbocycles. The minimum Gasteiger partial charge on any atom is -0.361 e. The van der Waals surface area contributed by atoms with Gasteiger partial charge in [0.2, 0.25) is 0 Å². The van der Waals surface area contributed by atoms with Crippen LogP contribution in [0.15, 0.2) is 60.9 Å². The van der Waals surface area contributed by atoms with Gasteiger partial charge in [0.25, 0.3) is 0 Å². The summed E-state index contributed by atoms with van der Waals surface area (Å²) < 4.78 is 0. The van der Waals surface area contributed by atoms with E-state index in [1.807, 2.05) is 60.9 Å². The van der Waals surface area contributed by atoms with Gasteiger partial charge in [-0.25, -0.2) is 4.98 Å². The highest BCUT2D eigenvalue weighted by atomic mass is 35.5. The second-order valence-electron chi connectivity index (χ2n) is 5.86. The molecule has 0 aliphatic carbocycles. The molecule has 0 radical (unpaired) electrons. The number of nitrogens with two attached hydrogens (primary N) is 1. The molecule has 0 aliphatic heterocycles. The minimum absolute atomic E-state index is 0.208. The smallest absolute Gasteiger partial charge is 0.123 e. The fourth-order valence-corrected chi connectivity index (χ4v) is 3.11. The van der Waals surface area contributed by atoms with Crippen molar-refractivity contribution in [2.24, 2.45) is 5.73 Å². The zero-order valence-corrected chi connectivity index (χ0v) is 13.7. The molecular weight excluding hydrogens is 320 g/mol. The van der Waals surface area contributed by atoms with E-state index in [-0.39, 0.29) is 6.04 Å². The molecule has 120 valence electrons. The Morgan fingerprint density at radius 2 is 1.96 bits per heavy atom. The summed E-state index contributed by atoms with van der Waals surface area (Å²) in [6.45, 7) is 0. The molecule has 0 fully saturated rings. The Balaban J connectivity index is 1.59. The van der Waals surface area contributed by atoms with Crippen LogP contribution >= 0.6 is 11.6 Å². The van der Waals surface area contributed by atoms with Gasteiger partial charge >= 0.3 is 0 Å². The molecule has 4 N–H and O–H groups in total. The molecule has 4 aromatic rings. The second-order valence-corrected chi connectivity index (χ2v) is 6.30. The van der Waals surface area contributed by atoms with Gasteiger partial charge in [-0.05, 0) is 35.7 Å². The van der Waals surface area contributed by atoms with Crippen molar-refractivity contribution in [3.63, 3.8) is 0 Å². The van der Waals surface area contributed by atoms with E-state index in [0.29, 0.717) is 6.42 Å². The predicted octanol–water partition coefficient (Wildman–Crippen LogP) is 4.45. The summed E-state index contributed by atoms with van der Waals surface area (Å²) in [5.41, 5.74) is 10.6. The zero-order valence-electron chi connectivity index (χ0n) is 13.0. The average Bonchev–Trinajstić information content (AvgIpc) is 3.23. The van der Waals surface area contributed by atoms with Crippen LogP contribution in [0, 0.1) is 0 Å². The Kier molecular flexibility index (Phi) is 3.84. The third-order valence-corrected chi connectivity index (χ3v) is 4.44. The normalized spacial score (nSPS) is 12.6. The Hall–Kier alpha value is -2.56. The van der Waals surface area contributed by atoms with Crippen LogP contribution in [0.3, 0.4) is 0 Å². The van der Waals surface area contributed by atoms with Crippen molar-refractivity contribution < 1.29 is 0 Å². The molecule has 5 heteroatoms. The van der Waals surface area contributed by atoms with Crippen LogP contribution in [0.4, 0.5) is 0 Å². The second kappa shape index (κ2) is 6.15. The molecule has 2 aromatic heterocycles. The van der Waals surface area contributed by atoms with E-state index in [9.17, 15) is 0 Å². The quantitative estimate of drug-likeness (QED) is 0.515. The number of aromatic amines is 2. The van der Waals surface area contributed by atoms with E-state index in [4.69, 9.17) is 17.3 Å². The highest BCUT2D eigenvalue weighted by molar-refractivity contribution is 6.31. The van der Waals surface area contributed by atoms with Gasteiger partial charge in [0.1, 0.15) is 5.82 Å². The van der Waals surface area contributed by atoms with Crippen molar-refractivity contribution in [1.29, 1.82) is 0 Å². The monoisotopic (exact) mass is 336 g/mol. The molecule has 4 rings (SSSR count). The Morgan fingerprint density at radius 1 is 1.12 bits per heavy atom. The van der Waals surface area contributed by atoms with Crippen molar-refractivity contribution >= 4 is 22.5 Å². The van der Waals surface area contributed by atoms with Gasteiger partial charge in [0.05, 0.1) is 17.9 Å². The van der Waals surface area contributed by atoms with Crippen LogP contribution in [-0.2, 0) is 6.42 Å². The molecule has 0 spiro atoms. The fourth-order valence-electron chi connectivity index (χ4n) is 2.94. The maximum Gasteiger partial charge on any atom is 0.123 e. The molecule has 0 saturated carbocycles. The molecule has 1 unspecified atom stereocenters. The largest absolute Gasteiger partial charge is 0.361 e. The lowest BCUT2D eigenvalue weighted by Gasteiger charge is -2.08. The highest BCUT2D eigenvalue weighted by Crippen LogP contribution is 2.26. The Morgan fingerprint density at radius 3 is 2.79 bits per heavy atom. The van der Waals surface area contributed by atoms with Crippen LogP contribution < -0.4 is 5.73 Å². The predicted molar refractivity (Wildman–Crippen MR) is 98.0 cm³/mol. The first-order valence-electron chi connectivity index (χ1n) is 7.82. The summed E-state index contributed by atoms with van der Waals surface area (Å²) in [6, 6.07) is 15.7. The number of benzene rings is 2. The Labute approximate surface area is 144 Å². The van der Waals surface area contributed by atoms with E-state index in [1.165, 1.54) is 0 Å². The molecule has 4 nitrogen and oxygen atoms in total. The van der Waals surface area contributed by atoms with Gasteiger partial charge in [-0.2, -0.15) is 0 Å². The number of rotatable bonds is 4. The number of imidazole rings is 1. The molecule has 0 bridgehead atoms. The molecule has 0 saturated heterocycles. The van der Waals surface area contributed by atoms with Crippen molar-refractivity contribution in [1.82, 2.24) is 15.0 Å². The number of H-pyrrole nitrogens is 2. The zero-order chi connectivity index (χ0) is 16.5. The number of halogens is 1. The maximum atomic E-state index is 6.37. The molecule has 0 aliphatic rings. The highest BCUT2D eigenvalue weighted by Gasteiger charge is 2.14. The minimum atomic E-state index is -0.208.